The molecule has 0 radical (unpaired) electrons. The fourth-order valence-electron chi connectivity index (χ4n) is 10.5. The van der Waals surface area contributed by atoms with E-state index in [4.69, 9.17) is 26.7 Å². The molecule has 0 aromatic heterocycles. The number of rotatable bonds is 15. The maximum absolute atomic E-state index is 14.2. The number of methoxy groups -OCH3 is 1. The van der Waals surface area contributed by atoms with E-state index >= 15 is 0 Å². The molecule has 8 heteroatoms. The summed E-state index contributed by atoms with van der Waals surface area (Å²) < 4.78 is 6.34. The van der Waals surface area contributed by atoms with Gasteiger partial charge in [0.25, 0.3) is 0 Å². The maximum atomic E-state index is 14.2. The molecule has 0 aliphatic heterocycles. The minimum atomic E-state index is -0.751. The standard InChI is InChI=1S/C37H71N5O2.C2H4O/c1-11-27-26(5)29(39)18-19-35(27,8)30-16-17-31-36(9,34(30,6)7)24-32(44-10)37(31,40)28(15-13-14-25(3)4)33(43)41-21-23-42(12-2)22-20-38;1-2-3/h16,25-29,31-32H,11-15,17-24,38-40H2,1-10H3,(H,41,43);2H,1H3/t26-,27?,28+,29+,31?,32?,35?,36?,37?;/m0./s1. The predicted octanol–water partition coefficient (Wildman–Crippen LogP) is 5.92. The van der Waals surface area contributed by atoms with E-state index in [2.05, 4.69) is 78.6 Å². The Morgan fingerprint density at radius 3 is 2.34 bits per heavy atom. The van der Waals surface area contributed by atoms with E-state index < -0.39 is 5.54 Å². The van der Waals surface area contributed by atoms with Gasteiger partial charge < -0.3 is 36.9 Å². The van der Waals surface area contributed by atoms with Crippen molar-refractivity contribution < 1.29 is 14.3 Å². The lowest BCUT2D eigenvalue weighted by molar-refractivity contribution is -0.131. The molecule has 2 saturated carbocycles. The summed E-state index contributed by atoms with van der Waals surface area (Å²) >= 11 is 0. The van der Waals surface area contributed by atoms with Gasteiger partial charge in [0, 0.05) is 39.3 Å². The number of ether oxygens (including phenoxy) is 1. The second-order valence-corrected chi connectivity index (χ2v) is 16.5. The Balaban J connectivity index is 0.00000246. The van der Waals surface area contributed by atoms with Crippen molar-refractivity contribution in [2.45, 2.75) is 138 Å². The Labute approximate surface area is 289 Å². The Morgan fingerprint density at radius 2 is 1.81 bits per heavy atom. The number of carbonyl (C=O) groups excluding carboxylic acids is 2. The van der Waals surface area contributed by atoms with E-state index in [1.165, 1.54) is 6.92 Å². The van der Waals surface area contributed by atoms with E-state index in [0.717, 1.165) is 77.3 Å². The van der Waals surface area contributed by atoms with Gasteiger partial charge in [-0.3, -0.25) is 4.79 Å². The number of fused-ring (bicyclic) bond motifs is 1. The van der Waals surface area contributed by atoms with Crippen LogP contribution in [0.25, 0.3) is 0 Å². The van der Waals surface area contributed by atoms with Gasteiger partial charge in [0.15, 0.2) is 0 Å². The number of hydrogen-bond donors (Lipinski definition) is 4. The molecular weight excluding hydrogens is 586 g/mol. The molecule has 0 aromatic carbocycles. The molecule has 0 spiro atoms. The van der Waals surface area contributed by atoms with Crippen LogP contribution in [0.2, 0.25) is 0 Å². The van der Waals surface area contributed by atoms with Crippen LogP contribution in [0, 0.1) is 45.8 Å². The molecule has 8 nitrogen and oxygen atoms in total. The third kappa shape index (κ3) is 8.36. The fraction of sp³-hybridized carbons (Fsp3) is 0.897. The Hall–Kier alpha value is -1.32. The zero-order valence-electron chi connectivity index (χ0n) is 32.3. The zero-order chi connectivity index (χ0) is 35.8. The minimum Gasteiger partial charge on any atom is -0.379 e. The second-order valence-electron chi connectivity index (χ2n) is 16.5. The number of carbonyl (C=O) groups is 2. The summed E-state index contributed by atoms with van der Waals surface area (Å²) in [6.07, 6.45) is 11.1. The topological polar surface area (TPSA) is 137 Å². The molecule has 0 saturated heterocycles. The Morgan fingerprint density at radius 1 is 1.17 bits per heavy atom. The summed E-state index contributed by atoms with van der Waals surface area (Å²) in [5.41, 5.74) is 20.9. The van der Waals surface area contributed by atoms with Crippen LogP contribution < -0.4 is 22.5 Å². The molecule has 7 N–H and O–H groups in total. The highest BCUT2D eigenvalue weighted by molar-refractivity contribution is 5.80. The largest absolute Gasteiger partial charge is 0.379 e. The van der Waals surface area contributed by atoms with Crippen LogP contribution in [0.4, 0.5) is 0 Å². The van der Waals surface area contributed by atoms with Crippen LogP contribution in [0.1, 0.15) is 121 Å². The number of hydrogen-bond acceptors (Lipinski definition) is 7. The van der Waals surface area contributed by atoms with Gasteiger partial charge in [-0.15, -0.1) is 0 Å². The summed E-state index contributed by atoms with van der Waals surface area (Å²) in [6.45, 7) is 26.5. The Kier molecular flexibility index (Phi) is 15.6. The van der Waals surface area contributed by atoms with Crippen LogP contribution in [-0.4, -0.2) is 74.6 Å². The van der Waals surface area contributed by atoms with Crippen molar-refractivity contribution in [2.24, 2.45) is 63.0 Å². The first-order valence-corrected chi connectivity index (χ1v) is 18.9. The summed E-state index contributed by atoms with van der Waals surface area (Å²) in [5, 5.41) is 3.32. The van der Waals surface area contributed by atoms with Crippen LogP contribution in [0.3, 0.4) is 0 Å². The molecule has 6 unspecified atom stereocenters. The summed E-state index contributed by atoms with van der Waals surface area (Å²) in [7, 11) is 1.81. The van der Waals surface area contributed by atoms with Crippen LogP contribution in [0.15, 0.2) is 11.6 Å². The predicted molar refractivity (Wildman–Crippen MR) is 197 cm³/mol. The normalized spacial score (nSPS) is 35.5. The Bertz CT molecular complexity index is 1030. The first-order chi connectivity index (χ1) is 22.0. The lowest BCUT2D eigenvalue weighted by Crippen LogP contribution is -2.64. The summed E-state index contributed by atoms with van der Waals surface area (Å²) in [4.78, 5) is 25.3. The van der Waals surface area contributed by atoms with Gasteiger partial charge in [-0.1, -0.05) is 93.2 Å². The molecule has 9 atom stereocenters. The van der Waals surface area contributed by atoms with Gasteiger partial charge in [-0.25, -0.2) is 0 Å². The molecule has 1 amide bonds. The zero-order valence-corrected chi connectivity index (χ0v) is 32.3. The molecule has 2 fully saturated rings. The van der Waals surface area contributed by atoms with Crippen molar-refractivity contribution in [1.29, 1.82) is 0 Å². The van der Waals surface area contributed by atoms with E-state index in [0.29, 0.717) is 30.8 Å². The molecule has 0 heterocycles. The van der Waals surface area contributed by atoms with Gasteiger partial charge in [-0.05, 0) is 85.5 Å². The van der Waals surface area contributed by atoms with Crippen molar-refractivity contribution in [1.82, 2.24) is 10.2 Å². The van der Waals surface area contributed by atoms with Gasteiger partial charge in [0.2, 0.25) is 5.91 Å². The lowest BCUT2D eigenvalue weighted by atomic mass is 9.45. The van der Waals surface area contributed by atoms with E-state index in [1.807, 2.05) is 7.11 Å². The van der Waals surface area contributed by atoms with Gasteiger partial charge >= 0.3 is 0 Å². The molecule has 3 aliphatic carbocycles. The highest BCUT2D eigenvalue weighted by Gasteiger charge is 2.69. The average Bonchev–Trinajstić information content (AvgIpc) is 3.25. The first-order valence-electron chi connectivity index (χ1n) is 18.9. The quantitative estimate of drug-likeness (QED) is 0.126. The van der Waals surface area contributed by atoms with Crippen molar-refractivity contribution in [3.63, 3.8) is 0 Å². The summed E-state index contributed by atoms with van der Waals surface area (Å²) in [6, 6.07) is 0.273. The van der Waals surface area contributed by atoms with Gasteiger partial charge in [0.05, 0.1) is 17.6 Å². The smallest absolute Gasteiger partial charge is 0.225 e. The van der Waals surface area contributed by atoms with Crippen molar-refractivity contribution in [2.75, 3.05) is 39.8 Å². The number of nitrogens with one attached hydrogen (secondary N) is 1. The third-order valence-electron chi connectivity index (χ3n) is 13.5. The van der Waals surface area contributed by atoms with Crippen molar-refractivity contribution in [3.05, 3.63) is 11.6 Å². The molecule has 47 heavy (non-hydrogen) atoms. The number of allylic oxidation sites excluding steroid dienone is 2. The minimum absolute atomic E-state index is 0.0899. The molecule has 0 aromatic rings. The number of nitrogens with zero attached hydrogens (tertiary/aromatic N) is 1. The fourth-order valence-corrected chi connectivity index (χ4v) is 10.5. The number of nitrogens with two attached hydrogens (primary N) is 3. The SMILES string of the molecule is CC=O.CCC1[C@H](C)[C@H](N)CCC1(C)C1=CCC2C(N)([C@H](CCCC(C)C)C(=O)NCCN(CC)CCN)C(OC)CC2(C)C1(C)C. The lowest BCUT2D eigenvalue weighted by Gasteiger charge is -2.60. The monoisotopic (exact) mass is 662 g/mol. The molecular formula is C39H75N5O3. The highest BCUT2D eigenvalue weighted by atomic mass is 16.5. The van der Waals surface area contributed by atoms with Crippen molar-refractivity contribution in [3.8, 4) is 0 Å². The molecule has 3 rings (SSSR count). The van der Waals surface area contributed by atoms with Crippen molar-refractivity contribution >= 4 is 12.2 Å². The number of aldehydes is 1. The van der Waals surface area contributed by atoms with E-state index in [9.17, 15) is 4.79 Å². The molecule has 0 bridgehead atoms. The van der Waals surface area contributed by atoms with Gasteiger partial charge in [-0.2, -0.15) is 0 Å². The highest BCUT2D eigenvalue weighted by Crippen LogP contribution is 2.69. The molecule has 274 valence electrons. The van der Waals surface area contributed by atoms with E-state index in [-0.39, 0.29) is 46.1 Å². The van der Waals surface area contributed by atoms with Gasteiger partial charge in [0.1, 0.15) is 6.29 Å². The van der Waals surface area contributed by atoms with Crippen LogP contribution >= 0.6 is 0 Å². The molecule has 3 aliphatic rings. The van der Waals surface area contributed by atoms with E-state index in [1.54, 1.807) is 5.57 Å². The first kappa shape index (κ1) is 41.8. The third-order valence-corrected chi connectivity index (χ3v) is 13.5. The van der Waals surface area contributed by atoms with Crippen LogP contribution in [-0.2, 0) is 14.3 Å². The van der Waals surface area contributed by atoms with Crippen LogP contribution in [0.5, 0.6) is 0 Å². The number of likely N-dealkylation sites (N-methyl/N-ethyl adjacent to an activating group) is 1. The number of amides is 1. The summed E-state index contributed by atoms with van der Waals surface area (Å²) in [5.74, 6) is 1.56. The maximum Gasteiger partial charge on any atom is 0.225 e. The second kappa shape index (κ2) is 17.6. The average molecular weight is 662 g/mol.